The molecule has 1 nitrogen and oxygen atoms in total. The van der Waals surface area contributed by atoms with Crippen molar-refractivity contribution in [3.8, 4) is 0 Å². The van der Waals surface area contributed by atoms with Gasteiger partial charge in [0, 0.05) is 6.61 Å². The highest BCUT2D eigenvalue weighted by atomic mass is 35.6. The molecule has 0 saturated carbocycles. The van der Waals surface area contributed by atoms with Crippen LogP contribution in [0.2, 0.25) is 6.04 Å². The summed E-state index contributed by atoms with van der Waals surface area (Å²) in [6.07, 6.45) is 1.08. The summed E-state index contributed by atoms with van der Waals surface area (Å²) in [6, 6.07) is 1.03. The van der Waals surface area contributed by atoms with Crippen LogP contribution in [0.3, 0.4) is 0 Å². The number of rotatable bonds is 4. The third-order valence-corrected chi connectivity index (χ3v) is 3.37. The van der Waals surface area contributed by atoms with Crippen LogP contribution in [0.1, 0.15) is 20.3 Å². The van der Waals surface area contributed by atoms with Gasteiger partial charge in [-0.2, -0.15) is 0 Å². The first kappa shape index (κ1) is 8.47. The van der Waals surface area contributed by atoms with E-state index in [0.717, 1.165) is 19.1 Å². The fourth-order valence-electron chi connectivity index (χ4n) is 0.364. The molecule has 0 heterocycles. The lowest BCUT2D eigenvalue weighted by Crippen LogP contribution is -2.08. The minimum absolute atomic E-state index is 0.841. The topological polar surface area (TPSA) is 9.23 Å². The summed E-state index contributed by atoms with van der Waals surface area (Å²) >= 11 is 5.76. The molecule has 1 unspecified atom stereocenters. The summed E-state index contributed by atoms with van der Waals surface area (Å²) < 4.78 is 5.24. The van der Waals surface area contributed by atoms with Gasteiger partial charge in [-0.05, 0) is 12.5 Å². The van der Waals surface area contributed by atoms with Crippen molar-refractivity contribution in [2.45, 2.75) is 26.3 Å². The SMILES string of the molecule is CCCO[SiH](Cl)CC. The molecule has 0 aliphatic rings. The predicted molar refractivity (Wildman–Crippen MR) is 39.7 cm³/mol. The number of halogens is 1. The molecule has 0 aromatic heterocycles. The molecule has 0 aromatic rings. The van der Waals surface area contributed by atoms with Crippen LogP contribution in [0.4, 0.5) is 0 Å². The van der Waals surface area contributed by atoms with E-state index in [1.807, 2.05) is 0 Å². The first-order chi connectivity index (χ1) is 3.81. The summed E-state index contributed by atoms with van der Waals surface area (Å²) in [6.45, 7) is 5.00. The van der Waals surface area contributed by atoms with Crippen LogP contribution in [0.25, 0.3) is 0 Å². The highest BCUT2D eigenvalue weighted by Gasteiger charge is 2.00. The Morgan fingerprint density at radius 2 is 2.12 bits per heavy atom. The van der Waals surface area contributed by atoms with E-state index in [9.17, 15) is 0 Å². The van der Waals surface area contributed by atoms with Crippen LogP contribution in [0.15, 0.2) is 0 Å². The van der Waals surface area contributed by atoms with E-state index in [-0.39, 0.29) is 0 Å². The third-order valence-electron chi connectivity index (χ3n) is 0.824. The molecule has 0 rings (SSSR count). The first-order valence-electron chi connectivity index (χ1n) is 3.07. The molecule has 0 amide bonds. The Hall–Kier alpha value is 0.467. The van der Waals surface area contributed by atoms with Crippen molar-refractivity contribution in [2.24, 2.45) is 0 Å². The van der Waals surface area contributed by atoms with E-state index in [0.29, 0.717) is 0 Å². The maximum Gasteiger partial charge on any atom is 0.273 e. The maximum absolute atomic E-state index is 5.76. The number of hydrogen-bond acceptors (Lipinski definition) is 1. The van der Waals surface area contributed by atoms with E-state index < -0.39 is 8.35 Å². The van der Waals surface area contributed by atoms with Crippen molar-refractivity contribution in [2.75, 3.05) is 6.61 Å². The van der Waals surface area contributed by atoms with Crippen LogP contribution in [0, 0.1) is 0 Å². The van der Waals surface area contributed by atoms with Gasteiger partial charge in [-0.25, -0.2) is 0 Å². The summed E-state index contributed by atoms with van der Waals surface area (Å²) in [4.78, 5) is 0. The lowest BCUT2D eigenvalue weighted by Gasteiger charge is -2.03. The standard InChI is InChI=1S/C5H13ClOSi/c1-3-5-7-8(6)4-2/h8H,3-5H2,1-2H3. The molecular formula is C5H13ClOSi. The second kappa shape index (κ2) is 5.60. The van der Waals surface area contributed by atoms with Crippen molar-refractivity contribution in [3.05, 3.63) is 0 Å². The largest absolute Gasteiger partial charge is 0.405 e. The maximum atomic E-state index is 5.76. The van der Waals surface area contributed by atoms with Crippen molar-refractivity contribution in [1.29, 1.82) is 0 Å². The molecule has 0 aliphatic heterocycles. The zero-order valence-electron chi connectivity index (χ0n) is 5.48. The van der Waals surface area contributed by atoms with Gasteiger partial charge in [0.25, 0.3) is 8.35 Å². The van der Waals surface area contributed by atoms with Gasteiger partial charge in [0.05, 0.1) is 0 Å². The molecule has 50 valence electrons. The Kier molecular flexibility index (Phi) is 5.93. The van der Waals surface area contributed by atoms with Crippen LogP contribution in [-0.2, 0) is 4.43 Å². The molecule has 0 saturated heterocycles. The fourth-order valence-corrected chi connectivity index (χ4v) is 1.36. The lowest BCUT2D eigenvalue weighted by atomic mass is 10.5. The highest BCUT2D eigenvalue weighted by Crippen LogP contribution is 1.98. The highest BCUT2D eigenvalue weighted by molar-refractivity contribution is 7.03. The third kappa shape index (κ3) is 4.62. The summed E-state index contributed by atoms with van der Waals surface area (Å²) in [5.41, 5.74) is 0. The first-order valence-corrected chi connectivity index (χ1v) is 6.10. The number of hydrogen-bond donors (Lipinski definition) is 0. The van der Waals surface area contributed by atoms with Crippen LogP contribution < -0.4 is 0 Å². The Labute approximate surface area is 57.4 Å². The van der Waals surface area contributed by atoms with Gasteiger partial charge in [-0.3, -0.25) is 0 Å². The molecule has 0 fully saturated rings. The minimum atomic E-state index is -1.23. The Morgan fingerprint density at radius 3 is 2.50 bits per heavy atom. The molecule has 8 heavy (non-hydrogen) atoms. The van der Waals surface area contributed by atoms with Crippen molar-refractivity contribution < 1.29 is 4.43 Å². The van der Waals surface area contributed by atoms with Gasteiger partial charge in [-0.1, -0.05) is 13.8 Å². The monoisotopic (exact) mass is 152 g/mol. The van der Waals surface area contributed by atoms with Gasteiger partial charge < -0.3 is 4.43 Å². The molecule has 0 bridgehead atoms. The van der Waals surface area contributed by atoms with Gasteiger partial charge in [0.15, 0.2) is 0 Å². The van der Waals surface area contributed by atoms with Crippen molar-refractivity contribution in [3.63, 3.8) is 0 Å². The van der Waals surface area contributed by atoms with Crippen molar-refractivity contribution >= 4 is 19.4 Å². The second-order valence-corrected chi connectivity index (χ2v) is 5.12. The molecule has 0 aliphatic carbocycles. The minimum Gasteiger partial charge on any atom is -0.405 e. The molecule has 3 heteroatoms. The Morgan fingerprint density at radius 1 is 1.50 bits per heavy atom. The molecule has 0 radical (unpaired) electrons. The van der Waals surface area contributed by atoms with Crippen molar-refractivity contribution in [1.82, 2.24) is 0 Å². The summed E-state index contributed by atoms with van der Waals surface area (Å²) in [5, 5.41) is 0. The predicted octanol–water partition coefficient (Wildman–Crippen LogP) is 1.89. The van der Waals surface area contributed by atoms with E-state index in [4.69, 9.17) is 15.5 Å². The zero-order valence-corrected chi connectivity index (χ0v) is 7.40. The van der Waals surface area contributed by atoms with E-state index >= 15 is 0 Å². The zero-order chi connectivity index (χ0) is 6.41. The van der Waals surface area contributed by atoms with Gasteiger partial charge in [0.2, 0.25) is 0 Å². The second-order valence-electron chi connectivity index (χ2n) is 1.69. The average molecular weight is 153 g/mol. The smallest absolute Gasteiger partial charge is 0.273 e. The molecular weight excluding hydrogens is 140 g/mol. The Bertz CT molecular complexity index is 51.7. The van der Waals surface area contributed by atoms with E-state index in [2.05, 4.69) is 13.8 Å². The molecule has 0 aromatic carbocycles. The van der Waals surface area contributed by atoms with E-state index in [1.165, 1.54) is 0 Å². The molecule has 1 atom stereocenters. The fraction of sp³-hybridized carbons (Fsp3) is 1.00. The van der Waals surface area contributed by atoms with Crippen LogP contribution in [0.5, 0.6) is 0 Å². The van der Waals surface area contributed by atoms with Gasteiger partial charge in [0.1, 0.15) is 0 Å². The molecule has 0 spiro atoms. The lowest BCUT2D eigenvalue weighted by molar-refractivity contribution is 0.330. The molecule has 0 N–H and O–H groups in total. The summed E-state index contributed by atoms with van der Waals surface area (Å²) in [5.74, 6) is 0. The van der Waals surface area contributed by atoms with Gasteiger partial charge >= 0.3 is 0 Å². The van der Waals surface area contributed by atoms with Crippen LogP contribution >= 0.6 is 11.1 Å². The van der Waals surface area contributed by atoms with Gasteiger partial charge in [-0.15, -0.1) is 11.1 Å². The van der Waals surface area contributed by atoms with E-state index in [1.54, 1.807) is 0 Å². The average Bonchev–Trinajstić information content (AvgIpc) is 1.83. The quantitative estimate of drug-likeness (QED) is 0.442. The summed E-state index contributed by atoms with van der Waals surface area (Å²) in [7, 11) is -1.23. The Balaban J connectivity index is 2.86. The van der Waals surface area contributed by atoms with Crippen LogP contribution in [-0.4, -0.2) is 15.0 Å². The normalized spacial score (nSPS) is 13.9.